The topological polar surface area (TPSA) is 55.9 Å². The fourth-order valence-corrected chi connectivity index (χ4v) is 4.12. The van der Waals surface area contributed by atoms with Crippen LogP contribution in [-0.4, -0.2) is 54.5 Å². The van der Waals surface area contributed by atoms with E-state index in [0.29, 0.717) is 6.54 Å². The standard InChI is InChI=1S/C23H28N4O2/c1-17-6-7-20-16-27(9-8-19(20)14-17)23(29)24-21-4-3-5-22(15-21)26-12-10-25(11-13-26)18(2)28/h3-7,14-15H,8-13,16H2,1-2H3,(H,24,29). The molecule has 2 heterocycles. The Balaban J connectivity index is 1.39. The van der Waals surface area contributed by atoms with E-state index in [1.807, 2.05) is 28.0 Å². The van der Waals surface area contributed by atoms with Crippen LogP contribution in [0.3, 0.4) is 0 Å². The van der Waals surface area contributed by atoms with Gasteiger partial charge >= 0.3 is 6.03 Å². The first kappa shape index (κ1) is 19.3. The van der Waals surface area contributed by atoms with Crippen molar-refractivity contribution in [1.82, 2.24) is 9.80 Å². The number of aryl methyl sites for hydroxylation is 1. The van der Waals surface area contributed by atoms with Crippen LogP contribution in [0.15, 0.2) is 42.5 Å². The molecule has 6 heteroatoms. The first-order valence-corrected chi connectivity index (χ1v) is 10.2. The maximum absolute atomic E-state index is 12.8. The molecule has 1 N–H and O–H groups in total. The molecule has 1 fully saturated rings. The molecule has 2 aliphatic rings. The Morgan fingerprint density at radius 3 is 2.45 bits per heavy atom. The third-order valence-corrected chi connectivity index (χ3v) is 5.85. The first-order valence-electron chi connectivity index (χ1n) is 10.2. The Morgan fingerprint density at radius 2 is 1.69 bits per heavy atom. The lowest BCUT2D eigenvalue weighted by Crippen LogP contribution is -2.48. The molecule has 0 bridgehead atoms. The Kier molecular flexibility index (Phi) is 5.43. The molecule has 2 aromatic rings. The van der Waals surface area contributed by atoms with Gasteiger partial charge in [-0.2, -0.15) is 0 Å². The first-order chi connectivity index (χ1) is 14.0. The van der Waals surface area contributed by atoms with Crippen LogP contribution in [0.2, 0.25) is 0 Å². The van der Waals surface area contributed by atoms with Crippen molar-refractivity contribution in [3.05, 3.63) is 59.2 Å². The van der Waals surface area contributed by atoms with E-state index in [2.05, 4.69) is 41.4 Å². The molecule has 0 aromatic heterocycles. The summed E-state index contributed by atoms with van der Waals surface area (Å²) in [5.74, 6) is 0.129. The fourth-order valence-electron chi connectivity index (χ4n) is 4.12. The molecule has 29 heavy (non-hydrogen) atoms. The van der Waals surface area contributed by atoms with E-state index in [4.69, 9.17) is 0 Å². The van der Waals surface area contributed by atoms with Crippen LogP contribution >= 0.6 is 0 Å². The number of fused-ring (bicyclic) bond motifs is 1. The summed E-state index contributed by atoms with van der Waals surface area (Å²) in [4.78, 5) is 30.3. The molecule has 6 nitrogen and oxygen atoms in total. The second kappa shape index (κ2) is 8.15. The Bertz CT molecular complexity index is 919. The average Bonchev–Trinajstić information content (AvgIpc) is 2.73. The summed E-state index contributed by atoms with van der Waals surface area (Å²) < 4.78 is 0. The van der Waals surface area contributed by atoms with Gasteiger partial charge in [0, 0.05) is 57.6 Å². The summed E-state index contributed by atoms with van der Waals surface area (Å²) in [6, 6.07) is 14.4. The van der Waals surface area contributed by atoms with Crippen LogP contribution in [0.25, 0.3) is 0 Å². The summed E-state index contributed by atoms with van der Waals surface area (Å²) in [6.07, 6.45) is 0.894. The van der Waals surface area contributed by atoms with Gasteiger partial charge in [0.15, 0.2) is 0 Å². The van der Waals surface area contributed by atoms with Gasteiger partial charge in [-0.25, -0.2) is 4.79 Å². The smallest absolute Gasteiger partial charge is 0.322 e. The van der Waals surface area contributed by atoms with E-state index in [0.717, 1.165) is 50.5 Å². The van der Waals surface area contributed by atoms with E-state index in [1.54, 1.807) is 6.92 Å². The van der Waals surface area contributed by atoms with E-state index in [-0.39, 0.29) is 11.9 Å². The average molecular weight is 393 g/mol. The minimum absolute atomic E-state index is 0.0604. The van der Waals surface area contributed by atoms with Crippen LogP contribution < -0.4 is 10.2 Å². The maximum Gasteiger partial charge on any atom is 0.322 e. The molecule has 0 spiro atoms. The number of carbonyl (C=O) groups excluding carboxylic acids is 2. The summed E-state index contributed by atoms with van der Waals surface area (Å²) in [5.41, 5.74) is 5.72. The number of nitrogens with one attached hydrogen (secondary N) is 1. The quantitative estimate of drug-likeness (QED) is 0.854. The van der Waals surface area contributed by atoms with Gasteiger partial charge in [0.25, 0.3) is 0 Å². The van der Waals surface area contributed by atoms with E-state index >= 15 is 0 Å². The van der Waals surface area contributed by atoms with E-state index in [1.165, 1.54) is 16.7 Å². The van der Waals surface area contributed by atoms with Crippen LogP contribution in [0, 0.1) is 6.92 Å². The minimum Gasteiger partial charge on any atom is -0.368 e. The molecule has 0 aliphatic carbocycles. The molecule has 2 aliphatic heterocycles. The van der Waals surface area contributed by atoms with Gasteiger partial charge in [0.05, 0.1) is 0 Å². The third kappa shape index (κ3) is 4.36. The van der Waals surface area contributed by atoms with Gasteiger partial charge in [-0.15, -0.1) is 0 Å². The minimum atomic E-state index is -0.0604. The molecular formula is C23H28N4O2. The highest BCUT2D eigenvalue weighted by Crippen LogP contribution is 2.23. The summed E-state index contributed by atoms with van der Waals surface area (Å²) in [6.45, 7) is 8.18. The van der Waals surface area contributed by atoms with E-state index < -0.39 is 0 Å². The molecule has 0 radical (unpaired) electrons. The second-order valence-corrected chi connectivity index (χ2v) is 7.92. The number of carbonyl (C=O) groups is 2. The highest BCUT2D eigenvalue weighted by Gasteiger charge is 2.22. The van der Waals surface area contributed by atoms with E-state index in [9.17, 15) is 9.59 Å². The zero-order valence-corrected chi connectivity index (χ0v) is 17.1. The summed E-state index contributed by atoms with van der Waals surface area (Å²) in [7, 11) is 0. The van der Waals surface area contributed by atoms with Crippen molar-refractivity contribution in [2.75, 3.05) is 42.9 Å². The predicted molar refractivity (Wildman–Crippen MR) is 115 cm³/mol. The monoisotopic (exact) mass is 392 g/mol. The number of benzene rings is 2. The molecule has 4 rings (SSSR count). The largest absolute Gasteiger partial charge is 0.368 e. The van der Waals surface area contributed by atoms with Crippen molar-refractivity contribution in [2.45, 2.75) is 26.8 Å². The Hall–Kier alpha value is -3.02. The molecule has 2 aromatic carbocycles. The van der Waals surface area contributed by atoms with Gasteiger partial charge < -0.3 is 20.0 Å². The lowest BCUT2D eigenvalue weighted by atomic mass is 9.98. The van der Waals surface area contributed by atoms with Crippen molar-refractivity contribution >= 4 is 23.3 Å². The number of nitrogens with zero attached hydrogens (tertiary/aromatic N) is 3. The lowest BCUT2D eigenvalue weighted by Gasteiger charge is -2.35. The van der Waals surface area contributed by atoms with Crippen LogP contribution in [-0.2, 0) is 17.8 Å². The van der Waals surface area contributed by atoms with Gasteiger partial charge in [0.1, 0.15) is 0 Å². The third-order valence-electron chi connectivity index (χ3n) is 5.85. The number of piperazine rings is 1. The number of anilines is 2. The molecule has 0 saturated carbocycles. The Labute approximate surface area is 172 Å². The zero-order valence-electron chi connectivity index (χ0n) is 17.1. The molecular weight excluding hydrogens is 364 g/mol. The van der Waals surface area contributed by atoms with Crippen molar-refractivity contribution in [1.29, 1.82) is 0 Å². The highest BCUT2D eigenvalue weighted by atomic mass is 16.2. The summed E-state index contributed by atoms with van der Waals surface area (Å²) in [5, 5.41) is 3.06. The zero-order chi connectivity index (χ0) is 20.4. The maximum atomic E-state index is 12.8. The lowest BCUT2D eigenvalue weighted by molar-refractivity contribution is -0.129. The molecule has 0 atom stereocenters. The molecule has 3 amide bonds. The van der Waals surface area contributed by atoms with Crippen molar-refractivity contribution in [2.24, 2.45) is 0 Å². The second-order valence-electron chi connectivity index (χ2n) is 7.92. The van der Waals surface area contributed by atoms with Gasteiger partial charge in [0.2, 0.25) is 5.91 Å². The fraction of sp³-hybridized carbons (Fsp3) is 0.391. The molecule has 152 valence electrons. The van der Waals surface area contributed by atoms with Crippen molar-refractivity contribution in [3.63, 3.8) is 0 Å². The number of rotatable bonds is 2. The van der Waals surface area contributed by atoms with Crippen LogP contribution in [0.5, 0.6) is 0 Å². The number of hydrogen-bond acceptors (Lipinski definition) is 3. The Morgan fingerprint density at radius 1 is 0.897 bits per heavy atom. The molecule has 0 unspecified atom stereocenters. The highest BCUT2D eigenvalue weighted by molar-refractivity contribution is 5.90. The van der Waals surface area contributed by atoms with Crippen LogP contribution in [0.4, 0.5) is 16.2 Å². The van der Waals surface area contributed by atoms with Crippen molar-refractivity contribution < 1.29 is 9.59 Å². The number of hydrogen-bond donors (Lipinski definition) is 1. The molecule has 1 saturated heterocycles. The van der Waals surface area contributed by atoms with Crippen molar-refractivity contribution in [3.8, 4) is 0 Å². The predicted octanol–water partition coefficient (Wildman–Crippen LogP) is 3.25. The van der Waals surface area contributed by atoms with Crippen LogP contribution in [0.1, 0.15) is 23.6 Å². The summed E-state index contributed by atoms with van der Waals surface area (Å²) >= 11 is 0. The van der Waals surface area contributed by atoms with Gasteiger partial charge in [-0.3, -0.25) is 4.79 Å². The number of urea groups is 1. The SMILES string of the molecule is CC(=O)N1CCN(c2cccc(NC(=O)N3CCc4cc(C)ccc4C3)c2)CC1. The van der Waals surface area contributed by atoms with Gasteiger partial charge in [-0.1, -0.05) is 29.8 Å². The number of amides is 3. The van der Waals surface area contributed by atoms with Gasteiger partial charge in [-0.05, 0) is 42.7 Å². The normalized spacial score (nSPS) is 16.4.